The fourth-order valence-corrected chi connectivity index (χ4v) is 3.61. The molecule has 2 saturated heterocycles. The van der Waals surface area contributed by atoms with Gasteiger partial charge in [0.2, 0.25) is 0 Å². The first kappa shape index (κ1) is 17.7. The Bertz CT molecular complexity index is 732. The van der Waals surface area contributed by atoms with Crippen LogP contribution >= 0.6 is 23.2 Å². The molecule has 1 aromatic rings. The number of likely N-dealkylation sites (tertiary alicyclic amines) is 1. The lowest BCUT2D eigenvalue weighted by Crippen LogP contribution is -2.70. The fourth-order valence-electron chi connectivity index (χ4n) is 3.29. The largest absolute Gasteiger partial charge is 0.447 e. The minimum atomic E-state index is -0.432. The molecule has 1 aliphatic carbocycles. The van der Waals surface area contributed by atoms with Crippen molar-refractivity contribution in [2.75, 3.05) is 19.7 Å². The Hall–Kier alpha value is -1.70. The summed E-state index contributed by atoms with van der Waals surface area (Å²) >= 11 is 11.9. The first-order valence-corrected chi connectivity index (χ1v) is 9.14. The highest BCUT2D eigenvalue weighted by molar-refractivity contribution is 6.42. The summed E-state index contributed by atoms with van der Waals surface area (Å²) in [5, 5.41) is 3.75. The zero-order chi connectivity index (χ0) is 18.3. The van der Waals surface area contributed by atoms with Gasteiger partial charge in [0.1, 0.15) is 18.2 Å². The van der Waals surface area contributed by atoms with Gasteiger partial charge in [-0.2, -0.15) is 0 Å². The molecule has 140 valence electrons. The van der Waals surface area contributed by atoms with Crippen LogP contribution in [0, 0.1) is 0 Å². The Kier molecular flexibility index (Phi) is 4.62. The molecule has 26 heavy (non-hydrogen) atoms. The van der Waals surface area contributed by atoms with Crippen molar-refractivity contribution in [3.63, 3.8) is 0 Å². The molecule has 2 amide bonds. The van der Waals surface area contributed by atoms with Crippen molar-refractivity contribution in [1.82, 2.24) is 10.2 Å². The van der Waals surface area contributed by atoms with Crippen LogP contribution in [0.4, 0.5) is 9.59 Å². The van der Waals surface area contributed by atoms with Crippen molar-refractivity contribution in [2.45, 2.75) is 37.2 Å². The molecule has 3 fully saturated rings. The predicted octanol–water partition coefficient (Wildman–Crippen LogP) is 2.97. The number of nitrogens with zero attached hydrogens (tertiary/aromatic N) is 1. The van der Waals surface area contributed by atoms with Gasteiger partial charge in [-0.3, -0.25) is 0 Å². The van der Waals surface area contributed by atoms with E-state index in [4.69, 9.17) is 37.4 Å². The van der Waals surface area contributed by atoms with Crippen molar-refractivity contribution in [3.05, 3.63) is 33.8 Å². The van der Waals surface area contributed by atoms with Gasteiger partial charge < -0.3 is 24.4 Å². The lowest BCUT2D eigenvalue weighted by Gasteiger charge is -2.46. The summed E-state index contributed by atoms with van der Waals surface area (Å²) in [6, 6.07) is 5.40. The van der Waals surface area contributed by atoms with Gasteiger partial charge in [-0.1, -0.05) is 29.3 Å². The lowest BCUT2D eigenvalue weighted by molar-refractivity contribution is -0.0928. The summed E-state index contributed by atoms with van der Waals surface area (Å²) < 4.78 is 16.1. The number of halogens is 2. The molecule has 1 saturated carbocycles. The number of rotatable bonds is 4. The first-order valence-electron chi connectivity index (χ1n) is 8.38. The number of benzene rings is 1. The Morgan fingerprint density at radius 2 is 2.04 bits per heavy atom. The first-order chi connectivity index (χ1) is 12.4. The van der Waals surface area contributed by atoms with E-state index in [2.05, 4.69) is 5.32 Å². The van der Waals surface area contributed by atoms with Gasteiger partial charge in [0.05, 0.1) is 35.8 Å². The number of alkyl carbamates (subject to hydrolysis) is 1. The van der Waals surface area contributed by atoms with Gasteiger partial charge in [0.15, 0.2) is 0 Å². The van der Waals surface area contributed by atoms with Crippen molar-refractivity contribution in [3.8, 4) is 0 Å². The van der Waals surface area contributed by atoms with E-state index in [9.17, 15) is 9.59 Å². The molecule has 3 aliphatic rings. The van der Waals surface area contributed by atoms with Gasteiger partial charge >= 0.3 is 12.2 Å². The van der Waals surface area contributed by atoms with Gasteiger partial charge in [-0.15, -0.1) is 0 Å². The number of carbonyl (C=O) groups excluding carboxylic acids is 2. The minimum Gasteiger partial charge on any atom is -0.447 e. The zero-order valence-corrected chi connectivity index (χ0v) is 15.4. The minimum absolute atomic E-state index is 0.0625. The van der Waals surface area contributed by atoms with Crippen LogP contribution in [0.25, 0.3) is 0 Å². The van der Waals surface area contributed by atoms with Gasteiger partial charge in [-0.25, -0.2) is 9.59 Å². The molecule has 0 aromatic heterocycles. The number of hydrogen-bond donors (Lipinski definition) is 1. The zero-order valence-electron chi connectivity index (χ0n) is 13.9. The summed E-state index contributed by atoms with van der Waals surface area (Å²) in [4.78, 5) is 24.8. The van der Waals surface area contributed by atoms with Crippen LogP contribution in [-0.2, 0) is 20.8 Å². The number of hydrogen-bond acceptors (Lipinski definition) is 5. The highest BCUT2D eigenvalue weighted by atomic mass is 35.5. The van der Waals surface area contributed by atoms with Gasteiger partial charge in [-0.05, 0) is 17.7 Å². The molecule has 0 radical (unpaired) electrons. The van der Waals surface area contributed by atoms with Gasteiger partial charge in [0, 0.05) is 12.8 Å². The molecule has 9 heteroatoms. The smallest absolute Gasteiger partial charge is 0.410 e. The Labute approximate surface area is 160 Å². The Balaban J connectivity index is 1.15. The SMILES string of the molecule is O=C1NC2(CO1)CN(C(=O)OC1CC(OCc3ccc(Cl)c(Cl)c3)C1)C2. The molecule has 2 heterocycles. The van der Waals surface area contributed by atoms with Crippen molar-refractivity contribution in [1.29, 1.82) is 0 Å². The second-order valence-electron chi connectivity index (χ2n) is 7.00. The normalized spacial score (nSPS) is 25.9. The molecule has 1 N–H and O–H groups in total. The quantitative estimate of drug-likeness (QED) is 0.840. The molecule has 0 atom stereocenters. The van der Waals surface area contributed by atoms with E-state index in [-0.39, 0.29) is 18.3 Å². The highest BCUT2D eigenvalue weighted by Crippen LogP contribution is 2.31. The predicted molar refractivity (Wildman–Crippen MR) is 93.3 cm³/mol. The van der Waals surface area contributed by atoms with Crippen LogP contribution in [0.15, 0.2) is 18.2 Å². The summed E-state index contributed by atoms with van der Waals surface area (Å²) in [6.07, 6.45) is 0.487. The van der Waals surface area contributed by atoms with Crippen molar-refractivity contribution >= 4 is 35.4 Å². The third-order valence-electron chi connectivity index (χ3n) is 4.88. The third kappa shape index (κ3) is 3.56. The lowest BCUT2D eigenvalue weighted by atomic mass is 9.91. The fraction of sp³-hybridized carbons (Fsp3) is 0.529. The molecule has 1 spiro atoms. The van der Waals surface area contributed by atoms with E-state index in [0.717, 1.165) is 5.56 Å². The van der Waals surface area contributed by atoms with Crippen molar-refractivity contribution < 1.29 is 23.8 Å². The van der Waals surface area contributed by atoms with Gasteiger partial charge in [0.25, 0.3) is 0 Å². The van der Waals surface area contributed by atoms with E-state index in [1.165, 1.54) is 0 Å². The van der Waals surface area contributed by atoms with Crippen molar-refractivity contribution in [2.24, 2.45) is 0 Å². The molecular formula is C17H18Cl2N2O5. The van der Waals surface area contributed by atoms with Crippen LogP contribution in [0.1, 0.15) is 18.4 Å². The second kappa shape index (κ2) is 6.79. The average Bonchev–Trinajstić information content (AvgIpc) is 2.93. The van der Waals surface area contributed by atoms with Crippen LogP contribution < -0.4 is 5.32 Å². The number of ether oxygens (including phenoxy) is 3. The molecule has 0 unspecified atom stereocenters. The highest BCUT2D eigenvalue weighted by Gasteiger charge is 2.52. The van der Waals surface area contributed by atoms with Crippen LogP contribution in [0.3, 0.4) is 0 Å². The maximum atomic E-state index is 12.1. The standard InChI is InChI=1S/C17H18Cl2N2O5/c18-13-2-1-10(3-14(13)19)6-24-11-4-12(5-11)26-16(23)21-7-17(8-21)9-25-15(22)20-17/h1-3,11-12H,4-9H2,(H,20,22). The molecular weight excluding hydrogens is 383 g/mol. The molecule has 1 aromatic carbocycles. The summed E-state index contributed by atoms with van der Waals surface area (Å²) in [7, 11) is 0. The van der Waals surface area contributed by atoms with Crippen LogP contribution in [0.2, 0.25) is 10.0 Å². The maximum absolute atomic E-state index is 12.1. The molecule has 2 aliphatic heterocycles. The topological polar surface area (TPSA) is 77.1 Å². The number of nitrogens with one attached hydrogen (secondary N) is 1. The summed E-state index contributed by atoms with van der Waals surface area (Å²) in [5.74, 6) is 0. The number of cyclic esters (lactones) is 1. The summed E-state index contributed by atoms with van der Waals surface area (Å²) in [5.41, 5.74) is 0.521. The third-order valence-corrected chi connectivity index (χ3v) is 5.62. The molecule has 7 nitrogen and oxygen atoms in total. The van der Waals surface area contributed by atoms with Crippen LogP contribution in [0.5, 0.6) is 0 Å². The number of carbonyl (C=O) groups is 2. The Morgan fingerprint density at radius 1 is 1.27 bits per heavy atom. The average molecular weight is 401 g/mol. The van der Waals surface area contributed by atoms with E-state index in [0.29, 0.717) is 49.2 Å². The van der Waals surface area contributed by atoms with Crippen LogP contribution in [-0.4, -0.2) is 54.5 Å². The van der Waals surface area contributed by atoms with E-state index in [1.807, 2.05) is 6.07 Å². The second-order valence-corrected chi connectivity index (χ2v) is 7.81. The summed E-state index contributed by atoms with van der Waals surface area (Å²) in [6.45, 7) is 1.57. The Morgan fingerprint density at radius 3 is 2.69 bits per heavy atom. The molecule has 0 bridgehead atoms. The van der Waals surface area contributed by atoms with E-state index in [1.54, 1.807) is 17.0 Å². The molecule has 4 rings (SSSR count). The monoisotopic (exact) mass is 400 g/mol. The number of amides is 2. The van der Waals surface area contributed by atoms with E-state index < -0.39 is 11.6 Å². The maximum Gasteiger partial charge on any atom is 0.410 e. The van der Waals surface area contributed by atoms with E-state index >= 15 is 0 Å².